The third-order valence-electron chi connectivity index (χ3n) is 5.62. The molecule has 0 aliphatic carbocycles. The number of amides is 1. The first-order valence-electron chi connectivity index (χ1n) is 10.1. The van der Waals surface area contributed by atoms with E-state index in [-0.39, 0.29) is 23.9 Å². The Kier molecular flexibility index (Phi) is 5.68. The molecule has 1 aliphatic rings. The van der Waals surface area contributed by atoms with Gasteiger partial charge >= 0.3 is 0 Å². The molecule has 8 heteroatoms. The summed E-state index contributed by atoms with van der Waals surface area (Å²) in [7, 11) is -3.71. The van der Waals surface area contributed by atoms with Gasteiger partial charge in [0, 0.05) is 48.8 Å². The highest BCUT2D eigenvalue weighted by molar-refractivity contribution is 7.89. The van der Waals surface area contributed by atoms with Gasteiger partial charge in [-0.05, 0) is 74.5 Å². The summed E-state index contributed by atoms with van der Waals surface area (Å²) >= 11 is 0. The minimum atomic E-state index is -3.71. The van der Waals surface area contributed by atoms with E-state index in [1.54, 1.807) is 17.0 Å². The molecule has 0 radical (unpaired) electrons. The van der Waals surface area contributed by atoms with Gasteiger partial charge < -0.3 is 9.47 Å². The number of carbonyl (C=O) groups excluding carboxylic acids is 1. The van der Waals surface area contributed by atoms with E-state index < -0.39 is 15.8 Å². The molecule has 0 N–H and O–H groups in total. The number of rotatable bonds is 4. The van der Waals surface area contributed by atoms with Crippen molar-refractivity contribution < 1.29 is 17.6 Å². The molecule has 0 atom stereocenters. The minimum Gasteiger partial charge on any atom is -0.336 e. The molecule has 0 unspecified atom stereocenters. The zero-order chi connectivity index (χ0) is 22.2. The number of carbonyl (C=O) groups is 1. The maximum Gasteiger partial charge on any atom is 0.253 e. The number of hydrogen-bond donors (Lipinski definition) is 0. The molecule has 1 amide bonds. The van der Waals surface area contributed by atoms with Crippen molar-refractivity contribution in [3.63, 3.8) is 0 Å². The van der Waals surface area contributed by atoms with Crippen LogP contribution in [0.4, 0.5) is 4.39 Å². The van der Waals surface area contributed by atoms with Crippen LogP contribution in [0.5, 0.6) is 0 Å². The molecule has 2 heterocycles. The Morgan fingerprint density at radius 3 is 1.90 bits per heavy atom. The van der Waals surface area contributed by atoms with Crippen molar-refractivity contribution in [3.8, 4) is 5.69 Å². The topological polar surface area (TPSA) is 62.6 Å². The number of aryl methyl sites for hydroxylation is 2. The molecule has 0 spiro atoms. The van der Waals surface area contributed by atoms with Crippen LogP contribution in [0.2, 0.25) is 0 Å². The second-order valence-corrected chi connectivity index (χ2v) is 9.59. The summed E-state index contributed by atoms with van der Waals surface area (Å²) in [4.78, 5) is 14.6. The number of nitrogens with zero attached hydrogens (tertiary/aromatic N) is 3. The van der Waals surface area contributed by atoms with Gasteiger partial charge in [0.15, 0.2) is 0 Å². The third-order valence-corrected chi connectivity index (χ3v) is 7.53. The summed E-state index contributed by atoms with van der Waals surface area (Å²) in [5.41, 5.74) is 3.80. The second-order valence-electron chi connectivity index (χ2n) is 7.65. The van der Waals surface area contributed by atoms with E-state index in [9.17, 15) is 17.6 Å². The van der Waals surface area contributed by atoms with Crippen LogP contribution in [0.25, 0.3) is 5.69 Å². The highest BCUT2D eigenvalue weighted by Crippen LogP contribution is 2.20. The average Bonchev–Trinajstić information content (AvgIpc) is 3.11. The molecule has 1 aliphatic heterocycles. The zero-order valence-corrected chi connectivity index (χ0v) is 18.3. The van der Waals surface area contributed by atoms with Crippen molar-refractivity contribution in [2.24, 2.45) is 0 Å². The van der Waals surface area contributed by atoms with Gasteiger partial charge in [0.2, 0.25) is 10.0 Å². The predicted octanol–water partition coefficient (Wildman–Crippen LogP) is 3.38. The monoisotopic (exact) mass is 441 g/mol. The molecular weight excluding hydrogens is 417 g/mol. The van der Waals surface area contributed by atoms with E-state index in [2.05, 4.69) is 4.57 Å². The molecule has 31 heavy (non-hydrogen) atoms. The van der Waals surface area contributed by atoms with Crippen molar-refractivity contribution >= 4 is 15.9 Å². The summed E-state index contributed by atoms with van der Waals surface area (Å²) in [6.45, 7) is 5.07. The van der Waals surface area contributed by atoms with Gasteiger partial charge in [-0.15, -0.1) is 0 Å². The lowest BCUT2D eigenvalue weighted by atomic mass is 10.1. The molecule has 1 aromatic heterocycles. The molecule has 1 saturated heterocycles. The number of halogens is 1. The summed E-state index contributed by atoms with van der Waals surface area (Å²) in [6.07, 6.45) is 0. The lowest BCUT2D eigenvalue weighted by Gasteiger charge is -2.34. The number of aromatic nitrogens is 1. The van der Waals surface area contributed by atoms with Gasteiger partial charge in [0.05, 0.1) is 4.90 Å². The quantitative estimate of drug-likeness (QED) is 0.624. The Balaban J connectivity index is 1.43. The van der Waals surface area contributed by atoms with Gasteiger partial charge in [-0.3, -0.25) is 4.79 Å². The first-order chi connectivity index (χ1) is 14.8. The van der Waals surface area contributed by atoms with Crippen LogP contribution >= 0.6 is 0 Å². The van der Waals surface area contributed by atoms with Crippen molar-refractivity contribution in [3.05, 3.63) is 83.4 Å². The van der Waals surface area contributed by atoms with Crippen molar-refractivity contribution in [2.45, 2.75) is 18.7 Å². The van der Waals surface area contributed by atoms with Gasteiger partial charge in [0.25, 0.3) is 5.91 Å². The number of benzene rings is 2. The van der Waals surface area contributed by atoms with E-state index in [4.69, 9.17) is 0 Å². The molecule has 1 fully saturated rings. The van der Waals surface area contributed by atoms with Crippen LogP contribution in [0, 0.1) is 19.7 Å². The number of piperazine rings is 1. The van der Waals surface area contributed by atoms with Gasteiger partial charge in [-0.25, -0.2) is 12.8 Å². The molecule has 6 nitrogen and oxygen atoms in total. The minimum absolute atomic E-state index is 0.0554. The zero-order valence-electron chi connectivity index (χ0n) is 17.5. The average molecular weight is 442 g/mol. The van der Waals surface area contributed by atoms with Crippen LogP contribution in [-0.4, -0.2) is 54.3 Å². The maximum atomic E-state index is 13.1. The summed E-state index contributed by atoms with van der Waals surface area (Å²) in [6, 6.07) is 16.3. The lowest BCUT2D eigenvalue weighted by Crippen LogP contribution is -2.50. The second kappa shape index (κ2) is 8.28. The van der Waals surface area contributed by atoms with E-state index in [1.165, 1.54) is 16.4 Å². The fraction of sp³-hybridized carbons (Fsp3) is 0.261. The van der Waals surface area contributed by atoms with Crippen molar-refractivity contribution in [1.82, 2.24) is 13.8 Å². The summed E-state index contributed by atoms with van der Waals surface area (Å²) < 4.78 is 42.1. The van der Waals surface area contributed by atoms with Crippen LogP contribution in [0.3, 0.4) is 0 Å². The fourth-order valence-corrected chi connectivity index (χ4v) is 5.32. The van der Waals surface area contributed by atoms with Crippen LogP contribution in [-0.2, 0) is 10.0 Å². The maximum absolute atomic E-state index is 13.1. The van der Waals surface area contributed by atoms with E-state index >= 15 is 0 Å². The standard InChI is InChI=1S/C23H24FN3O3S/c1-17-3-4-18(2)27(17)21-9-5-19(6-10-21)23(28)25-13-15-26(16-14-25)31(29,30)22-11-7-20(24)8-12-22/h3-12H,13-16H2,1-2H3. The summed E-state index contributed by atoms with van der Waals surface area (Å²) in [5.74, 6) is -0.603. The third kappa shape index (κ3) is 4.13. The van der Waals surface area contributed by atoms with Gasteiger partial charge in [-0.2, -0.15) is 4.31 Å². The number of hydrogen-bond acceptors (Lipinski definition) is 3. The van der Waals surface area contributed by atoms with Gasteiger partial charge in [0.1, 0.15) is 5.82 Å². The lowest BCUT2D eigenvalue weighted by molar-refractivity contribution is 0.0698. The first-order valence-corrected chi connectivity index (χ1v) is 11.5. The highest BCUT2D eigenvalue weighted by atomic mass is 32.2. The molecule has 0 bridgehead atoms. The smallest absolute Gasteiger partial charge is 0.253 e. The molecule has 3 aromatic rings. The highest BCUT2D eigenvalue weighted by Gasteiger charge is 2.30. The first kappa shape index (κ1) is 21.3. The Morgan fingerprint density at radius 2 is 1.35 bits per heavy atom. The van der Waals surface area contributed by atoms with E-state index in [0.717, 1.165) is 29.2 Å². The largest absolute Gasteiger partial charge is 0.336 e. The molecule has 4 rings (SSSR count). The van der Waals surface area contributed by atoms with Crippen molar-refractivity contribution in [2.75, 3.05) is 26.2 Å². The normalized spacial score (nSPS) is 15.3. The molecule has 162 valence electrons. The Bertz CT molecular complexity index is 1170. The van der Waals surface area contributed by atoms with E-state index in [1.807, 2.05) is 38.1 Å². The van der Waals surface area contributed by atoms with Gasteiger partial charge in [-0.1, -0.05) is 0 Å². The van der Waals surface area contributed by atoms with Crippen LogP contribution < -0.4 is 0 Å². The van der Waals surface area contributed by atoms with Crippen LogP contribution in [0.15, 0.2) is 65.6 Å². The van der Waals surface area contributed by atoms with E-state index in [0.29, 0.717) is 18.7 Å². The SMILES string of the molecule is Cc1ccc(C)n1-c1ccc(C(=O)N2CCN(S(=O)(=O)c3ccc(F)cc3)CC2)cc1. The number of sulfonamides is 1. The Morgan fingerprint density at radius 1 is 0.806 bits per heavy atom. The predicted molar refractivity (Wildman–Crippen MR) is 116 cm³/mol. The van der Waals surface area contributed by atoms with Crippen molar-refractivity contribution in [1.29, 1.82) is 0 Å². The van der Waals surface area contributed by atoms with Crippen LogP contribution in [0.1, 0.15) is 21.7 Å². The molecule has 0 saturated carbocycles. The molecular formula is C23H24FN3O3S. The Hall–Kier alpha value is -2.97. The Labute approximate surface area is 181 Å². The summed E-state index contributed by atoms with van der Waals surface area (Å²) in [5, 5.41) is 0. The molecule has 2 aromatic carbocycles. The fourth-order valence-electron chi connectivity index (χ4n) is 3.90.